The van der Waals surface area contributed by atoms with Crippen molar-refractivity contribution < 1.29 is 0 Å². The van der Waals surface area contributed by atoms with Gasteiger partial charge in [0, 0.05) is 12.6 Å². The predicted octanol–water partition coefficient (Wildman–Crippen LogP) is 3.02. The third kappa shape index (κ3) is 3.02. The molecule has 0 spiro atoms. The van der Waals surface area contributed by atoms with Crippen molar-refractivity contribution >= 4 is 0 Å². The maximum Gasteiger partial charge on any atom is 0.109 e. The minimum atomic E-state index is -0.254. The Kier molecular flexibility index (Phi) is 5.09. The van der Waals surface area contributed by atoms with E-state index in [1.807, 2.05) is 7.05 Å². The van der Waals surface area contributed by atoms with Gasteiger partial charge in [-0.25, -0.2) is 0 Å². The smallest absolute Gasteiger partial charge is 0.109 e. The molecular weight excluding hydrogens is 246 g/mol. The van der Waals surface area contributed by atoms with E-state index in [4.69, 9.17) is 0 Å². The average molecular weight is 277 g/mol. The van der Waals surface area contributed by atoms with Crippen molar-refractivity contribution in [3.63, 3.8) is 0 Å². The largest absolute Gasteiger partial charge is 0.302 e. The highest BCUT2D eigenvalue weighted by atomic mass is 15.2. The third-order valence-electron chi connectivity index (χ3n) is 5.95. The molecule has 0 radical (unpaired) electrons. The molecule has 1 saturated carbocycles. The van der Waals surface area contributed by atoms with Crippen LogP contribution < -0.4 is 5.32 Å². The average Bonchev–Trinajstić information content (AvgIpc) is 2.84. The first-order valence-electron chi connectivity index (χ1n) is 8.36. The first-order chi connectivity index (χ1) is 9.52. The monoisotopic (exact) mass is 277 g/mol. The molecule has 2 rings (SSSR count). The molecule has 2 fully saturated rings. The van der Waals surface area contributed by atoms with Crippen molar-refractivity contribution in [3.8, 4) is 6.07 Å². The molecule has 1 heterocycles. The van der Waals surface area contributed by atoms with Crippen LogP contribution >= 0.6 is 0 Å². The van der Waals surface area contributed by atoms with Gasteiger partial charge in [0.05, 0.1) is 6.07 Å². The SMILES string of the molecule is CNC1(C#N)CCCC1CCN1CC(C)CC(C)C1C. The highest BCUT2D eigenvalue weighted by Crippen LogP contribution is 2.38. The van der Waals surface area contributed by atoms with Crippen LogP contribution in [0.2, 0.25) is 0 Å². The van der Waals surface area contributed by atoms with Crippen LogP contribution in [0.5, 0.6) is 0 Å². The van der Waals surface area contributed by atoms with Crippen LogP contribution in [0.15, 0.2) is 0 Å². The quantitative estimate of drug-likeness (QED) is 0.858. The Morgan fingerprint density at radius 2 is 2.10 bits per heavy atom. The maximum atomic E-state index is 9.53. The minimum Gasteiger partial charge on any atom is -0.302 e. The van der Waals surface area contributed by atoms with Gasteiger partial charge in [0.1, 0.15) is 5.54 Å². The normalized spacial score (nSPS) is 42.5. The van der Waals surface area contributed by atoms with Crippen LogP contribution in [0.4, 0.5) is 0 Å². The van der Waals surface area contributed by atoms with E-state index in [1.165, 1.54) is 25.8 Å². The van der Waals surface area contributed by atoms with E-state index in [9.17, 15) is 5.26 Å². The summed E-state index contributed by atoms with van der Waals surface area (Å²) in [7, 11) is 1.95. The molecule has 1 saturated heterocycles. The molecule has 1 N–H and O–H groups in total. The summed E-state index contributed by atoms with van der Waals surface area (Å²) < 4.78 is 0. The Hall–Kier alpha value is -0.590. The lowest BCUT2D eigenvalue weighted by atomic mass is 9.83. The zero-order valence-corrected chi connectivity index (χ0v) is 13.7. The molecule has 0 aromatic rings. The lowest BCUT2D eigenvalue weighted by Gasteiger charge is -2.42. The van der Waals surface area contributed by atoms with Gasteiger partial charge in [-0.15, -0.1) is 0 Å². The zero-order chi connectivity index (χ0) is 14.8. The van der Waals surface area contributed by atoms with Gasteiger partial charge in [0.25, 0.3) is 0 Å². The van der Waals surface area contributed by atoms with Crippen LogP contribution in [0.25, 0.3) is 0 Å². The molecule has 3 heteroatoms. The Balaban J connectivity index is 1.93. The van der Waals surface area contributed by atoms with Crippen molar-refractivity contribution in [2.75, 3.05) is 20.1 Å². The van der Waals surface area contributed by atoms with Crippen molar-refractivity contribution in [1.82, 2.24) is 10.2 Å². The second kappa shape index (κ2) is 6.45. The van der Waals surface area contributed by atoms with E-state index < -0.39 is 0 Å². The van der Waals surface area contributed by atoms with Crippen LogP contribution in [0.1, 0.15) is 52.9 Å². The molecule has 3 nitrogen and oxygen atoms in total. The molecule has 0 aromatic heterocycles. The van der Waals surface area contributed by atoms with E-state index in [0.29, 0.717) is 12.0 Å². The molecule has 2 aliphatic rings. The van der Waals surface area contributed by atoms with Gasteiger partial charge in [-0.2, -0.15) is 5.26 Å². The Labute approximate surface area is 124 Å². The number of nitriles is 1. The summed E-state index contributed by atoms with van der Waals surface area (Å²) in [6.45, 7) is 9.53. The zero-order valence-electron chi connectivity index (χ0n) is 13.7. The van der Waals surface area contributed by atoms with Crippen molar-refractivity contribution in [1.29, 1.82) is 5.26 Å². The summed E-state index contributed by atoms with van der Waals surface area (Å²) >= 11 is 0. The summed E-state index contributed by atoms with van der Waals surface area (Å²) in [5, 5.41) is 12.8. The fourth-order valence-electron chi connectivity index (χ4n) is 4.45. The van der Waals surface area contributed by atoms with Crippen molar-refractivity contribution in [3.05, 3.63) is 0 Å². The number of likely N-dealkylation sites (tertiary alicyclic amines) is 1. The van der Waals surface area contributed by atoms with Gasteiger partial charge in [-0.05, 0) is 64.0 Å². The number of hydrogen-bond acceptors (Lipinski definition) is 3. The molecule has 1 aliphatic carbocycles. The second-order valence-corrected chi connectivity index (χ2v) is 7.26. The van der Waals surface area contributed by atoms with Gasteiger partial charge in [0.15, 0.2) is 0 Å². The Morgan fingerprint density at radius 1 is 1.35 bits per heavy atom. The first kappa shape index (κ1) is 15.8. The Bertz CT molecular complexity index is 362. The molecule has 0 amide bonds. The van der Waals surface area contributed by atoms with E-state index in [1.54, 1.807) is 0 Å². The Morgan fingerprint density at radius 3 is 2.75 bits per heavy atom. The van der Waals surface area contributed by atoms with E-state index in [0.717, 1.165) is 31.2 Å². The van der Waals surface area contributed by atoms with Gasteiger partial charge in [-0.1, -0.05) is 20.3 Å². The molecule has 5 atom stereocenters. The summed E-state index contributed by atoms with van der Waals surface area (Å²) in [5.41, 5.74) is -0.254. The highest BCUT2D eigenvalue weighted by molar-refractivity contribution is 5.13. The highest BCUT2D eigenvalue weighted by Gasteiger charge is 2.42. The minimum absolute atomic E-state index is 0.254. The van der Waals surface area contributed by atoms with E-state index in [-0.39, 0.29) is 5.54 Å². The van der Waals surface area contributed by atoms with Crippen LogP contribution in [0.3, 0.4) is 0 Å². The van der Waals surface area contributed by atoms with E-state index >= 15 is 0 Å². The molecular formula is C17H31N3. The topological polar surface area (TPSA) is 39.1 Å². The van der Waals surface area contributed by atoms with Gasteiger partial charge in [-0.3, -0.25) is 0 Å². The summed E-state index contributed by atoms with van der Waals surface area (Å²) in [6.07, 6.45) is 5.95. The molecule has 1 aliphatic heterocycles. The number of piperidine rings is 1. The van der Waals surface area contributed by atoms with Gasteiger partial charge in [0.2, 0.25) is 0 Å². The van der Waals surface area contributed by atoms with E-state index in [2.05, 4.69) is 37.1 Å². The lowest BCUT2D eigenvalue weighted by Crippen LogP contribution is -2.49. The predicted molar refractivity (Wildman–Crippen MR) is 83.3 cm³/mol. The van der Waals surface area contributed by atoms with Crippen molar-refractivity contribution in [2.45, 2.75) is 64.5 Å². The molecule has 5 unspecified atom stereocenters. The molecule has 0 bridgehead atoms. The molecule has 0 aromatic carbocycles. The standard InChI is InChI=1S/C17H31N3/c1-13-10-14(2)15(3)20(11-13)9-7-16-6-5-8-17(16,12-18)19-4/h13-16,19H,5-11H2,1-4H3. The number of nitrogens with one attached hydrogen (secondary N) is 1. The molecule has 20 heavy (non-hydrogen) atoms. The fraction of sp³-hybridized carbons (Fsp3) is 0.941. The van der Waals surface area contributed by atoms with Crippen LogP contribution in [0, 0.1) is 29.1 Å². The number of nitrogens with zero attached hydrogens (tertiary/aromatic N) is 2. The summed E-state index contributed by atoms with van der Waals surface area (Å²) in [5.74, 6) is 2.14. The second-order valence-electron chi connectivity index (χ2n) is 7.26. The fourth-order valence-corrected chi connectivity index (χ4v) is 4.45. The maximum absolute atomic E-state index is 9.53. The van der Waals surface area contributed by atoms with Crippen LogP contribution in [-0.4, -0.2) is 36.6 Å². The summed E-state index contributed by atoms with van der Waals surface area (Å²) in [6, 6.07) is 3.26. The summed E-state index contributed by atoms with van der Waals surface area (Å²) in [4.78, 5) is 2.66. The first-order valence-corrected chi connectivity index (χ1v) is 8.36. The van der Waals surface area contributed by atoms with Gasteiger partial charge >= 0.3 is 0 Å². The molecule has 114 valence electrons. The van der Waals surface area contributed by atoms with Crippen LogP contribution in [-0.2, 0) is 0 Å². The van der Waals surface area contributed by atoms with Gasteiger partial charge < -0.3 is 10.2 Å². The van der Waals surface area contributed by atoms with Crippen molar-refractivity contribution in [2.24, 2.45) is 17.8 Å². The number of rotatable bonds is 4. The third-order valence-corrected chi connectivity index (χ3v) is 5.95. The number of hydrogen-bond donors (Lipinski definition) is 1. The lowest BCUT2D eigenvalue weighted by molar-refractivity contribution is 0.0715.